The SMILES string of the molecule is COc1ccccc1-c1cc(C(=O)NCC#Cc2ccccc2F)[nH]n1. The molecule has 1 heterocycles. The predicted molar refractivity (Wildman–Crippen MR) is 96.2 cm³/mol. The normalized spacial score (nSPS) is 9.92. The molecule has 1 aromatic heterocycles. The number of carbonyl (C=O) groups is 1. The summed E-state index contributed by atoms with van der Waals surface area (Å²) in [5, 5.41) is 9.49. The van der Waals surface area contributed by atoms with Crippen molar-refractivity contribution in [3.8, 4) is 28.8 Å². The average Bonchev–Trinajstić information content (AvgIpc) is 3.16. The van der Waals surface area contributed by atoms with Crippen LogP contribution in [0.5, 0.6) is 5.75 Å². The van der Waals surface area contributed by atoms with Crippen LogP contribution < -0.4 is 10.1 Å². The molecule has 0 unspecified atom stereocenters. The molecule has 0 spiro atoms. The second-order valence-electron chi connectivity index (χ2n) is 5.33. The maximum Gasteiger partial charge on any atom is 0.270 e. The molecule has 130 valence electrons. The van der Waals surface area contributed by atoms with Gasteiger partial charge in [-0.25, -0.2) is 4.39 Å². The van der Waals surface area contributed by atoms with Gasteiger partial charge in [-0.1, -0.05) is 36.1 Å². The lowest BCUT2D eigenvalue weighted by Gasteiger charge is -2.04. The van der Waals surface area contributed by atoms with E-state index in [0.717, 1.165) is 5.56 Å². The number of benzene rings is 2. The van der Waals surface area contributed by atoms with E-state index in [9.17, 15) is 9.18 Å². The van der Waals surface area contributed by atoms with Crippen molar-refractivity contribution in [2.45, 2.75) is 0 Å². The van der Waals surface area contributed by atoms with E-state index >= 15 is 0 Å². The third-order valence-electron chi connectivity index (χ3n) is 3.64. The first-order chi connectivity index (χ1) is 12.7. The summed E-state index contributed by atoms with van der Waals surface area (Å²) in [4.78, 5) is 12.2. The van der Waals surface area contributed by atoms with Crippen molar-refractivity contribution in [2.24, 2.45) is 0 Å². The number of carbonyl (C=O) groups excluding carboxylic acids is 1. The molecular weight excluding hydrogens is 333 g/mol. The molecule has 1 amide bonds. The number of methoxy groups -OCH3 is 1. The fourth-order valence-corrected chi connectivity index (χ4v) is 2.35. The molecule has 2 N–H and O–H groups in total. The van der Waals surface area contributed by atoms with Gasteiger partial charge in [-0.3, -0.25) is 9.89 Å². The predicted octanol–water partition coefficient (Wildman–Crippen LogP) is 3.01. The molecule has 0 aliphatic heterocycles. The van der Waals surface area contributed by atoms with Gasteiger partial charge in [0.25, 0.3) is 5.91 Å². The van der Waals surface area contributed by atoms with Crippen LogP contribution in [0.3, 0.4) is 0 Å². The second-order valence-corrected chi connectivity index (χ2v) is 5.33. The summed E-state index contributed by atoms with van der Waals surface area (Å²) in [5.41, 5.74) is 1.98. The highest BCUT2D eigenvalue weighted by Crippen LogP contribution is 2.28. The minimum absolute atomic E-state index is 0.0934. The van der Waals surface area contributed by atoms with E-state index in [-0.39, 0.29) is 18.3 Å². The third-order valence-corrected chi connectivity index (χ3v) is 3.64. The van der Waals surface area contributed by atoms with Gasteiger partial charge in [-0.15, -0.1) is 0 Å². The number of nitrogens with one attached hydrogen (secondary N) is 2. The first-order valence-electron chi connectivity index (χ1n) is 7.89. The van der Waals surface area contributed by atoms with Crippen molar-refractivity contribution < 1.29 is 13.9 Å². The maximum absolute atomic E-state index is 13.5. The summed E-state index contributed by atoms with van der Waals surface area (Å²) in [6.45, 7) is 0.0934. The Kier molecular flexibility index (Phi) is 5.30. The molecule has 0 fully saturated rings. The molecule has 0 atom stereocenters. The molecule has 3 rings (SSSR count). The molecule has 6 heteroatoms. The maximum atomic E-state index is 13.5. The van der Waals surface area contributed by atoms with E-state index < -0.39 is 0 Å². The van der Waals surface area contributed by atoms with Crippen LogP contribution in [-0.4, -0.2) is 29.8 Å². The molecular formula is C20H16FN3O2. The lowest BCUT2D eigenvalue weighted by Crippen LogP contribution is -2.23. The number of H-pyrrole nitrogens is 1. The van der Waals surface area contributed by atoms with Crippen molar-refractivity contribution in [3.05, 3.63) is 71.7 Å². The molecule has 0 radical (unpaired) electrons. The highest BCUT2D eigenvalue weighted by molar-refractivity contribution is 5.93. The van der Waals surface area contributed by atoms with Crippen LogP contribution in [-0.2, 0) is 0 Å². The van der Waals surface area contributed by atoms with Gasteiger partial charge in [0.2, 0.25) is 0 Å². The molecule has 0 saturated carbocycles. The molecule has 5 nitrogen and oxygen atoms in total. The van der Waals surface area contributed by atoms with Crippen molar-refractivity contribution in [1.29, 1.82) is 0 Å². The summed E-state index contributed by atoms with van der Waals surface area (Å²) in [7, 11) is 1.58. The summed E-state index contributed by atoms with van der Waals surface area (Å²) in [5.74, 6) is 5.34. The first-order valence-corrected chi connectivity index (χ1v) is 7.89. The second kappa shape index (κ2) is 7.99. The number of aromatic nitrogens is 2. The minimum Gasteiger partial charge on any atom is -0.496 e. The zero-order chi connectivity index (χ0) is 18.4. The summed E-state index contributed by atoms with van der Waals surface area (Å²) >= 11 is 0. The fraction of sp³-hybridized carbons (Fsp3) is 0.100. The van der Waals surface area contributed by atoms with Crippen molar-refractivity contribution in [1.82, 2.24) is 15.5 Å². The quantitative estimate of drug-likeness (QED) is 0.712. The van der Waals surface area contributed by atoms with Gasteiger partial charge < -0.3 is 10.1 Å². The largest absolute Gasteiger partial charge is 0.496 e. The first kappa shape index (κ1) is 17.2. The summed E-state index contributed by atoms with van der Waals surface area (Å²) in [6.07, 6.45) is 0. The topological polar surface area (TPSA) is 67.0 Å². The zero-order valence-corrected chi connectivity index (χ0v) is 14.0. The zero-order valence-electron chi connectivity index (χ0n) is 14.0. The van der Waals surface area contributed by atoms with Crippen LogP contribution in [0.4, 0.5) is 4.39 Å². The van der Waals surface area contributed by atoms with Gasteiger partial charge >= 0.3 is 0 Å². The summed E-state index contributed by atoms with van der Waals surface area (Å²) in [6, 6.07) is 15.3. The molecule has 0 aliphatic carbocycles. The van der Waals surface area contributed by atoms with E-state index in [2.05, 4.69) is 27.4 Å². The van der Waals surface area contributed by atoms with Gasteiger partial charge in [0.15, 0.2) is 0 Å². The van der Waals surface area contributed by atoms with Gasteiger partial charge in [0, 0.05) is 5.56 Å². The van der Waals surface area contributed by atoms with E-state index in [0.29, 0.717) is 22.7 Å². The highest BCUT2D eigenvalue weighted by atomic mass is 19.1. The summed E-state index contributed by atoms with van der Waals surface area (Å²) < 4.78 is 18.8. The highest BCUT2D eigenvalue weighted by Gasteiger charge is 2.12. The number of aromatic amines is 1. The average molecular weight is 349 g/mol. The van der Waals surface area contributed by atoms with E-state index in [1.54, 1.807) is 31.4 Å². The van der Waals surface area contributed by atoms with Crippen LogP contribution in [0, 0.1) is 17.7 Å². The number of hydrogen-bond acceptors (Lipinski definition) is 3. The van der Waals surface area contributed by atoms with Gasteiger partial charge in [0.1, 0.15) is 17.3 Å². The van der Waals surface area contributed by atoms with Crippen LogP contribution in [0.1, 0.15) is 16.1 Å². The van der Waals surface area contributed by atoms with Crippen LogP contribution in [0.25, 0.3) is 11.3 Å². The van der Waals surface area contributed by atoms with E-state index in [4.69, 9.17) is 4.74 Å². The van der Waals surface area contributed by atoms with Crippen LogP contribution >= 0.6 is 0 Å². The van der Waals surface area contributed by atoms with Gasteiger partial charge in [-0.05, 0) is 30.3 Å². The van der Waals surface area contributed by atoms with Crippen molar-refractivity contribution >= 4 is 5.91 Å². The number of nitrogens with zero attached hydrogens (tertiary/aromatic N) is 1. The fourth-order valence-electron chi connectivity index (χ4n) is 2.35. The lowest BCUT2D eigenvalue weighted by atomic mass is 10.1. The number of rotatable bonds is 4. The smallest absolute Gasteiger partial charge is 0.270 e. The van der Waals surface area contributed by atoms with Crippen molar-refractivity contribution in [3.63, 3.8) is 0 Å². The molecule has 0 bridgehead atoms. The van der Waals surface area contributed by atoms with Crippen molar-refractivity contribution in [2.75, 3.05) is 13.7 Å². The number of halogens is 1. The Bertz CT molecular complexity index is 986. The number of ether oxygens (including phenoxy) is 1. The van der Waals surface area contributed by atoms with Gasteiger partial charge in [-0.2, -0.15) is 5.10 Å². The Balaban J connectivity index is 1.65. The Hall–Kier alpha value is -3.59. The number of para-hydroxylation sites is 1. The standard InChI is InChI=1S/C20H16FN3O2/c1-26-19-11-5-3-9-15(19)17-13-18(24-23-17)20(25)22-12-6-8-14-7-2-4-10-16(14)21/h2-5,7,9-11,13H,12H2,1H3,(H,22,25)(H,23,24). The molecule has 26 heavy (non-hydrogen) atoms. The van der Waals surface area contributed by atoms with Crippen LogP contribution in [0.15, 0.2) is 54.6 Å². The Morgan fingerprint density at radius 3 is 2.81 bits per heavy atom. The Morgan fingerprint density at radius 1 is 1.23 bits per heavy atom. The van der Waals surface area contributed by atoms with Gasteiger partial charge in [0.05, 0.1) is 24.9 Å². The van der Waals surface area contributed by atoms with E-state index in [1.165, 1.54) is 6.07 Å². The Morgan fingerprint density at radius 2 is 2.00 bits per heavy atom. The molecule has 0 saturated heterocycles. The number of hydrogen-bond donors (Lipinski definition) is 2. The van der Waals surface area contributed by atoms with Crippen LogP contribution in [0.2, 0.25) is 0 Å². The minimum atomic E-state index is -0.388. The number of amides is 1. The van der Waals surface area contributed by atoms with E-state index in [1.807, 2.05) is 24.3 Å². The lowest BCUT2D eigenvalue weighted by molar-refractivity contribution is 0.0953. The molecule has 3 aromatic rings. The third kappa shape index (κ3) is 3.90. The molecule has 2 aromatic carbocycles. The Labute approximate surface area is 150 Å². The molecule has 0 aliphatic rings. The monoisotopic (exact) mass is 349 g/mol.